The molecule has 31 heavy (non-hydrogen) atoms. The van der Waals surface area contributed by atoms with Crippen molar-refractivity contribution in [1.82, 2.24) is 14.9 Å². The van der Waals surface area contributed by atoms with Crippen LogP contribution in [0, 0.1) is 0 Å². The van der Waals surface area contributed by atoms with Gasteiger partial charge in [0.1, 0.15) is 23.4 Å². The van der Waals surface area contributed by atoms with E-state index >= 15 is 0 Å². The maximum Gasteiger partial charge on any atom is 0.410 e. The van der Waals surface area contributed by atoms with Crippen LogP contribution in [0.1, 0.15) is 37.6 Å². The first-order valence-electron chi connectivity index (χ1n) is 9.99. The van der Waals surface area contributed by atoms with Gasteiger partial charge in [0.05, 0.1) is 23.8 Å². The van der Waals surface area contributed by atoms with Crippen molar-refractivity contribution < 1.29 is 18.7 Å². The molecule has 3 heterocycles. The highest BCUT2D eigenvalue weighted by atomic mass is 19.1. The molecule has 0 radical (unpaired) electrons. The van der Waals surface area contributed by atoms with Crippen LogP contribution in [0.5, 0.6) is 0 Å². The van der Waals surface area contributed by atoms with Crippen LogP contribution in [-0.4, -0.2) is 57.8 Å². The molecule has 0 aromatic carbocycles. The fourth-order valence-corrected chi connectivity index (χ4v) is 3.17. The number of nitrogens with one attached hydrogen (secondary N) is 2. The average molecular weight is 430 g/mol. The average Bonchev–Trinajstić information content (AvgIpc) is 2.69. The molecule has 1 saturated heterocycles. The second-order valence-corrected chi connectivity index (χ2v) is 8.30. The number of ether oxygens (including phenoxy) is 1. The van der Waals surface area contributed by atoms with Gasteiger partial charge in [-0.2, -0.15) is 0 Å². The number of pyridine rings is 2. The number of nitrogens with two attached hydrogens (primary N) is 1. The molecule has 2 aromatic heterocycles. The number of amides is 2. The maximum absolute atomic E-state index is 14.9. The number of anilines is 3. The van der Waals surface area contributed by atoms with Crippen molar-refractivity contribution in [1.29, 1.82) is 0 Å². The van der Waals surface area contributed by atoms with Gasteiger partial charge in [0.2, 0.25) is 0 Å². The third-order valence-corrected chi connectivity index (χ3v) is 4.62. The summed E-state index contributed by atoms with van der Waals surface area (Å²) >= 11 is 0. The van der Waals surface area contributed by atoms with E-state index in [1.54, 1.807) is 45.2 Å². The number of carbonyl (C=O) groups excluding carboxylic acids is 2. The number of alkyl halides is 1. The molecule has 166 valence electrons. The highest BCUT2D eigenvalue weighted by Gasteiger charge is 2.34. The SMILES string of the molecule is CC(C)(C)OC(=O)N1CC[C@@H](Nc2cc(Nc3ccccn3)ncc2C(N)=O)[C@@H](F)C1. The Morgan fingerprint density at radius 3 is 2.65 bits per heavy atom. The van der Waals surface area contributed by atoms with Crippen molar-refractivity contribution in [2.24, 2.45) is 5.73 Å². The first-order chi connectivity index (χ1) is 14.6. The molecule has 2 amide bonds. The van der Waals surface area contributed by atoms with Crippen molar-refractivity contribution >= 4 is 29.3 Å². The fourth-order valence-electron chi connectivity index (χ4n) is 3.17. The molecule has 9 nitrogen and oxygen atoms in total. The summed E-state index contributed by atoms with van der Waals surface area (Å²) in [4.78, 5) is 33.8. The monoisotopic (exact) mass is 430 g/mol. The van der Waals surface area contributed by atoms with E-state index in [9.17, 15) is 14.0 Å². The molecular weight excluding hydrogens is 403 g/mol. The maximum atomic E-state index is 14.9. The minimum atomic E-state index is -1.36. The minimum absolute atomic E-state index is 0.109. The lowest BCUT2D eigenvalue weighted by Crippen LogP contribution is -2.51. The summed E-state index contributed by atoms with van der Waals surface area (Å²) in [6.07, 6.45) is 1.40. The molecule has 4 N–H and O–H groups in total. The Labute approximate surface area is 180 Å². The van der Waals surface area contributed by atoms with Crippen LogP contribution < -0.4 is 16.4 Å². The van der Waals surface area contributed by atoms with E-state index in [0.29, 0.717) is 30.3 Å². The zero-order valence-electron chi connectivity index (χ0n) is 17.8. The van der Waals surface area contributed by atoms with E-state index in [0.717, 1.165) is 0 Å². The van der Waals surface area contributed by atoms with Crippen molar-refractivity contribution in [2.75, 3.05) is 23.7 Å². The topological polar surface area (TPSA) is 122 Å². The summed E-state index contributed by atoms with van der Waals surface area (Å²) in [7, 11) is 0. The molecule has 2 aromatic rings. The smallest absolute Gasteiger partial charge is 0.410 e. The number of hydrogen-bond donors (Lipinski definition) is 3. The van der Waals surface area contributed by atoms with E-state index < -0.39 is 29.8 Å². The standard InChI is InChI=1S/C21H27FN6O3/c1-21(2,3)31-20(30)28-9-7-15(14(22)12-28)26-16-10-18(25-11-13(16)19(23)29)27-17-6-4-5-8-24-17/h4-6,8,10-11,14-15H,7,9,12H2,1-3H3,(H2,23,29)(H2,24,25,26,27)/t14-,15+/m0/s1. The molecule has 1 aliphatic heterocycles. The van der Waals surface area contributed by atoms with Gasteiger partial charge < -0.3 is 26.0 Å². The van der Waals surface area contributed by atoms with E-state index in [1.807, 2.05) is 6.07 Å². The molecule has 3 rings (SSSR count). The summed E-state index contributed by atoms with van der Waals surface area (Å²) in [6.45, 7) is 5.50. The second kappa shape index (κ2) is 9.15. The Morgan fingerprint density at radius 2 is 2.03 bits per heavy atom. The van der Waals surface area contributed by atoms with Gasteiger partial charge in [-0.05, 0) is 39.3 Å². The number of aromatic nitrogens is 2. The van der Waals surface area contributed by atoms with Crippen molar-refractivity contribution in [3.8, 4) is 0 Å². The quantitative estimate of drug-likeness (QED) is 0.666. The highest BCUT2D eigenvalue weighted by molar-refractivity contribution is 5.98. The largest absolute Gasteiger partial charge is 0.444 e. The van der Waals surface area contributed by atoms with Crippen LogP contribution in [-0.2, 0) is 4.74 Å². The summed E-state index contributed by atoms with van der Waals surface area (Å²) < 4.78 is 20.2. The number of carbonyl (C=O) groups is 2. The first kappa shape index (κ1) is 22.3. The molecule has 0 unspecified atom stereocenters. The Kier molecular flexibility index (Phi) is 6.57. The third-order valence-electron chi connectivity index (χ3n) is 4.62. The van der Waals surface area contributed by atoms with Crippen molar-refractivity contribution in [3.05, 3.63) is 42.2 Å². The molecule has 10 heteroatoms. The Bertz CT molecular complexity index is 934. The molecule has 0 spiro atoms. The van der Waals surface area contributed by atoms with Crippen molar-refractivity contribution in [2.45, 2.75) is 45.0 Å². The zero-order chi connectivity index (χ0) is 22.6. The van der Waals surface area contributed by atoms with Gasteiger partial charge in [0.15, 0.2) is 0 Å². The van der Waals surface area contributed by atoms with Gasteiger partial charge in [0.25, 0.3) is 5.91 Å². The molecule has 1 fully saturated rings. The van der Waals surface area contributed by atoms with Gasteiger partial charge >= 0.3 is 6.09 Å². The number of likely N-dealkylation sites (tertiary alicyclic amines) is 1. The third kappa shape index (κ3) is 6.03. The van der Waals surface area contributed by atoms with Crippen LogP contribution in [0.15, 0.2) is 36.7 Å². The van der Waals surface area contributed by atoms with Gasteiger partial charge in [-0.3, -0.25) is 4.79 Å². The summed E-state index contributed by atoms with van der Waals surface area (Å²) in [6, 6.07) is 6.34. The van der Waals surface area contributed by atoms with Crippen LogP contribution >= 0.6 is 0 Å². The minimum Gasteiger partial charge on any atom is -0.444 e. The molecule has 0 bridgehead atoms. The summed E-state index contributed by atoms with van der Waals surface area (Å²) in [5.74, 6) is 0.315. The Morgan fingerprint density at radius 1 is 1.26 bits per heavy atom. The molecular formula is C21H27FN6O3. The van der Waals surface area contributed by atoms with E-state index in [4.69, 9.17) is 10.5 Å². The normalized spacial score (nSPS) is 18.9. The predicted octanol–water partition coefficient (Wildman–Crippen LogP) is 3.08. The van der Waals surface area contributed by atoms with Crippen LogP contribution in [0.3, 0.4) is 0 Å². The van der Waals surface area contributed by atoms with Gasteiger partial charge in [-0.1, -0.05) is 6.07 Å². The Hall–Kier alpha value is -3.43. The predicted molar refractivity (Wildman–Crippen MR) is 115 cm³/mol. The number of hydrogen-bond acceptors (Lipinski definition) is 7. The second-order valence-electron chi connectivity index (χ2n) is 8.30. The van der Waals surface area contributed by atoms with E-state index in [-0.39, 0.29) is 12.1 Å². The fraction of sp³-hybridized carbons (Fsp3) is 0.429. The zero-order valence-corrected chi connectivity index (χ0v) is 17.8. The summed E-state index contributed by atoms with van der Waals surface area (Å²) in [5.41, 5.74) is 5.32. The number of nitrogens with zero attached hydrogens (tertiary/aromatic N) is 3. The number of piperidine rings is 1. The highest BCUT2D eigenvalue weighted by Crippen LogP contribution is 2.25. The Balaban J connectivity index is 1.71. The summed E-state index contributed by atoms with van der Waals surface area (Å²) in [5, 5.41) is 6.08. The van der Waals surface area contributed by atoms with Crippen LogP contribution in [0.25, 0.3) is 0 Å². The van der Waals surface area contributed by atoms with Crippen LogP contribution in [0.2, 0.25) is 0 Å². The molecule has 0 aliphatic carbocycles. The lowest BCUT2D eigenvalue weighted by Gasteiger charge is -2.36. The molecule has 0 saturated carbocycles. The number of halogens is 1. The van der Waals surface area contributed by atoms with Crippen molar-refractivity contribution in [3.63, 3.8) is 0 Å². The lowest BCUT2D eigenvalue weighted by atomic mass is 10.0. The van der Waals surface area contributed by atoms with Gasteiger partial charge in [0, 0.05) is 25.0 Å². The van der Waals surface area contributed by atoms with Gasteiger partial charge in [-0.15, -0.1) is 0 Å². The number of rotatable bonds is 5. The number of primary amides is 1. The van der Waals surface area contributed by atoms with E-state index in [1.165, 1.54) is 11.1 Å². The van der Waals surface area contributed by atoms with Gasteiger partial charge in [-0.25, -0.2) is 19.2 Å². The van der Waals surface area contributed by atoms with Crippen LogP contribution in [0.4, 0.5) is 26.5 Å². The van der Waals surface area contributed by atoms with E-state index in [2.05, 4.69) is 20.6 Å². The lowest BCUT2D eigenvalue weighted by molar-refractivity contribution is 0.0125. The molecule has 2 atom stereocenters. The first-order valence-corrected chi connectivity index (χ1v) is 9.99. The molecule has 1 aliphatic rings.